The summed E-state index contributed by atoms with van der Waals surface area (Å²) in [5.41, 5.74) is -0.609. The number of nitrogens with zero attached hydrogens (tertiary/aromatic N) is 4. The molecular formula is C44H51F4N7O7S2. The minimum absolute atomic E-state index is 0.0870. The summed E-state index contributed by atoms with van der Waals surface area (Å²) in [7, 11) is -0.207. The highest BCUT2D eigenvalue weighted by molar-refractivity contribution is 7.87. The number of alkyl halides is 3. The molecule has 3 amide bonds. The maximum Gasteiger partial charge on any atom is 0.419 e. The molecule has 2 fully saturated rings. The number of rotatable bonds is 10. The Balaban J connectivity index is 1.28. The fourth-order valence-electron chi connectivity index (χ4n) is 8.15. The van der Waals surface area contributed by atoms with Crippen LogP contribution in [0, 0.1) is 18.7 Å². The fraction of sp³-hybridized carbons (Fsp3) is 0.477. The molecule has 2 aromatic heterocycles. The lowest BCUT2D eigenvalue weighted by Crippen LogP contribution is -2.58. The lowest BCUT2D eigenvalue weighted by atomic mass is 10.0. The van der Waals surface area contributed by atoms with Gasteiger partial charge in [0.25, 0.3) is 5.91 Å². The Morgan fingerprint density at radius 3 is 2.53 bits per heavy atom. The maximum absolute atomic E-state index is 14.9. The first kappa shape index (κ1) is 46.6. The Morgan fingerprint density at radius 1 is 1.08 bits per heavy atom. The minimum atomic E-state index is -5.00. The molecule has 1 saturated carbocycles. The second-order valence-electron chi connectivity index (χ2n) is 17.0. The number of nitrogens with one attached hydrogen (secondary N) is 3. The molecule has 0 unspecified atom stereocenters. The van der Waals surface area contributed by atoms with Crippen molar-refractivity contribution in [2.75, 3.05) is 33.1 Å². The van der Waals surface area contributed by atoms with E-state index < -0.39 is 75.1 Å². The predicted molar refractivity (Wildman–Crippen MR) is 234 cm³/mol. The largest absolute Gasteiger partial charge is 0.496 e. The first-order valence-electron chi connectivity index (χ1n) is 21.0. The summed E-state index contributed by atoms with van der Waals surface area (Å²) in [4.78, 5) is 54.4. The van der Waals surface area contributed by atoms with E-state index in [9.17, 15) is 40.4 Å². The predicted octanol–water partition coefficient (Wildman–Crippen LogP) is 7.10. The van der Waals surface area contributed by atoms with Gasteiger partial charge in [0.1, 0.15) is 51.7 Å². The highest BCUT2D eigenvalue weighted by Crippen LogP contribution is 2.46. The number of thiazole rings is 1. The number of fused-ring (bicyclic) bond motifs is 3. The molecule has 4 aromatic rings. The average Bonchev–Trinajstić information content (AvgIpc) is 3.51. The number of aromatic nitrogens is 2. The number of methoxy groups -OCH3 is 1. The first-order valence-corrected chi connectivity index (χ1v) is 23.3. The number of aryl methyl sites for hydroxylation is 1. The summed E-state index contributed by atoms with van der Waals surface area (Å²) in [5, 5.41) is 8.93. The summed E-state index contributed by atoms with van der Waals surface area (Å²) < 4.78 is 96.7. The summed E-state index contributed by atoms with van der Waals surface area (Å²) in [6.07, 6.45) is 0.260. The molecule has 2 aliphatic heterocycles. The van der Waals surface area contributed by atoms with E-state index in [4.69, 9.17) is 19.4 Å². The van der Waals surface area contributed by atoms with E-state index in [-0.39, 0.29) is 37.4 Å². The van der Waals surface area contributed by atoms with Crippen LogP contribution in [-0.2, 0) is 30.8 Å². The second-order valence-corrected chi connectivity index (χ2v) is 19.7. The number of amides is 3. The molecule has 7 rings (SSSR count). The third-order valence-corrected chi connectivity index (χ3v) is 14.2. The van der Waals surface area contributed by atoms with E-state index in [0.717, 1.165) is 21.6 Å². The van der Waals surface area contributed by atoms with E-state index in [2.05, 4.69) is 15.4 Å². The quantitative estimate of drug-likeness (QED) is 0.110. The number of ether oxygens (including phenoxy) is 2. The molecule has 2 aromatic carbocycles. The van der Waals surface area contributed by atoms with Crippen LogP contribution in [0.25, 0.3) is 21.6 Å². The molecule has 0 radical (unpaired) electrons. The van der Waals surface area contributed by atoms with Crippen molar-refractivity contribution in [3.05, 3.63) is 76.6 Å². The van der Waals surface area contributed by atoms with Crippen LogP contribution in [0.5, 0.6) is 11.5 Å². The molecular weight excluding hydrogens is 879 g/mol. The number of carbonyl (C=O) groups is 3. The van der Waals surface area contributed by atoms with Crippen molar-refractivity contribution in [2.24, 2.45) is 5.92 Å². The fourth-order valence-corrected chi connectivity index (χ4v) is 9.69. The zero-order valence-electron chi connectivity index (χ0n) is 36.2. The van der Waals surface area contributed by atoms with Crippen LogP contribution < -0.4 is 24.8 Å². The van der Waals surface area contributed by atoms with Gasteiger partial charge in [0, 0.05) is 54.5 Å². The van der Waals surface area contributed by atoms with Crippen LogP contribution >= 0.6 is 11.3 Å². The third-order valence-electron chi connectivity index (χ3n) is 12.0. The van der Waals surface area contributed by atoms with Gasteiger partial charge in [0.05, 0.1) is 30.4 Å². The smallest absolute Gasteiger partial charge is 0.419 e. The van der Waals surface area contributed by atoms with Crippen molar-refractivity contribution >= 4 is 55.9 Å². The summed E-state index contributed by atoms with van der Waals surface area (Å²) >= 11 is 1.42. The van der Waals surface area contributed by atoms with Crippen molar-refractivity contribution in [2.45, 2.75) is 102 Å². The molecule has 1 saturated heterocycles. The molecule has 5 atom stereocenters. The summed E-state index contributed by atoms with van der Waals surface area (Å²) in [6.45, 7) is 5.77. The molecule has 3 aliphatic rings. The Bertz CT molecular complexity index is 2590. The third kappa shape index (κ3) is 9.68. The minimum Gasteiger partial charge on any atom is -0.496 e. The van der Waals surface area contributed by atoms with Crippen LogP contribution in [0.1, 0.15) is 81.5 Å². The van der Waals surface area contributed by atoms with Gasteiger partial charge in [0.15, 0.2) is 0 Å². The molecule has 1 aliphatic carbocycles. The molecule has 20 heteroatoms. The van der Waals surface area contributed by atoms with Gasteiger partial charge in [-0.15, -0.1) is 11.3 Å². The Hall–Kier alpha value is -5.34. The second kappa shape index (κ2) is 18.3. The summed E-state index contributed by atoms with van der Waals surface area (Å²) in [5.74, 6) is -3.24. The van der Waals surface area contributed by atoms with E-state index in [1.165, 1.54) is 30.3 Å². The normalized spacial score (nSPS) is 23.8. The highest BCUT2D eigenvalue weighted by Gasteiger charge is 2.62. The Morgan fingerprint density at radius 2 is 1.84 bits per heavy atom. The monoisotopic (exact) mass is 929 g/mol. The van der Waals surface area contributed by atoms with E-state index in [0.29, 0.717) is 70.9 Å². The van der Waals surface area contributed by atoms with Gasteiger partial charge >= 0.3 is 16.4 Å². The topological polar surface area (TPSA) is 172 Å². The zero-order chi connectivity index (χ0) is 46.3. The Labute approximate surface area is 373 Å². The maximum atomic E-state index is 14.9. The van der Waals surface area contributed by atoms with Gasteiger partial charge in [-0.25, -0.2) is 19.1 Å². The molecule has 3 N–H and O–H groups in total. The SMILES string of the molecule is COc1ccc2c(O[C@@H]3C[C@H]4C(=O)N[C@]5(C(=O)NS(=O)(=O)N(C)C)C[C@H]5/C=C\CCCCC[C@H](Nc5ccc(F)c(C(F)(F)F)c5)C(=O)N4C3)cc(-c3nc(C(C)C)cs3)nc2c1C. The van der Waals surface area contributed by atoms with E-state index in [1.54, 1.807) is 31.4 Å². The van der Waals surface area contributed by atoms with E-state index >= 15 is 0 Å². The standard InChI is InChI=1S/C44H51F4N7O7S2/c1-24(2)34-23-63-40(51-34)33-20-37(29-15-17-36(61-6)25(3)38(29)50-33)62-28-19-35-39(56)52-43(42(58)53-64(59,60)54(4)5)21-26(43)12-10-8-7-9-11-13-32(41(57)55(35)22-28)49-27-14-16-31(45)30(18-27)44(46,47)48/h10,12,14-18,20,23-24,26,28,32,35,49H,7-9,11,13,19,21-22H2,1-6H3,(H,52,56)(H,53,58)/b12-10-/t26-,28-,32+,35+,43-/m1/s1. The average molecular weight is 930 g/mol. The van der Waals surface area contributed by atoms with Crippen molar-refractivity contribution in [3.63, 3.8) is 0 Å². The number of pyridine rings is 1. The van der Waals surface area contributed by atoms with Gasteiger partial charge < -0.3 is 25.0 Å². The molecule has 14 nitrogen and oxygen atoms in total. The van der Waals surface area contributed by atoms with Crippen molar-refractivity contribution in [1.29, 1.82) is 0 Å². The lowest BCUT2D eigenvalue weighted by molar-refractivity contribution is -0.140. The first-order chi connectivity index (χ1) is 30.2. The molecule has 64 heavy (non-hydrogen) atoms. The molecule has 344 valence electrons. The van der Waals surface area contributed by atoms with Crippen molar-refractivity contribution < 1.29 is 49.8 Å². The number of benzene rings is 2. The molecule has 4 heterocycles. The van der Waals surface area contributed by atoms with Crippen molar-refractivity contribution in [3.8, 4) is 22.2 Å². The van der Waals surface area contributed by atoms with Crippen molar-refractivity contribution in [1.82, 2.24) is 29.2 Å². The summed E-state index contributed by atoms with van der Waals surface area (Å²) in [6, 6.07) is 5.27. The van der Waals surface area contributed by atoms with Gasteiger partial charge in [-0.3, -0.25) is 14.4 Å². The zero-order valence-corrected chi connectivity index (χ0v) is 37.8. The van der Waals surface area contributed by atoms with E-state index in [1.807, 2.05) is 32.2 Å². The number of anilines is 1. The highest BCUT2D eigenvalue weighted by atomic mass is 32.2. The Kier molecular flexibility index (Phi) is 13.3. The molecule has 0 spiro atoms. The number of allylic oxidation sites excluding steroid dienone is 1. The molecule has 0 bridgehead atoms. The van der Waals surface area contributed by atoms with Gasteiger partial charge in [-0.1, -0.05) is 38.8 Å². The van der Waals surface area contributed by atoms with Crippen LogP contribution in [0.15, 0.2) is 53.9 Å². The van der Waals surface area contributed by atoms with Crippen LogP contribution in [0.3, 0.4) is 0 Å². The number of carbonyl (C=O) groups excluding carboxylic acids is 3. The van der Waals surface area contributed by atoms with Gasteiger partial charge in [-0.2, -0.15) is 25.9 Å². The van der Waals surface area contributed by atoms with Gasteiger partial charge in [-0.05, 0) is 68.9 Å². The van der Waals surface area contributed by atoms with Crippen LogP contribution in [0.4, 0.5) is 23.2 Å². The van der Waals surface area contributed by atoms with Gasteiger partial charge in [0.2, 0.25) is 11.8 Å². The van der Waals surface area contributed by atoms with Crippen LogP contribution in [-0.4, -0.2) is 96.8 Å². The lowest BCUT2D eigenvalue weighted by Gasteiger charge is -2.30. The van der Waals surface area contributed by atoms with Crippen LogP contribution in [0.2, 0.25) is 0 Å². The number of hydrogen-bond acceptors (Lipinski definition) is 11. The number of hydrogen-bond donors (Lipinski definition) is 3. The number of halogens is 4.